The van der Waals surface area contributed by atoms with E-state index < -0.39 is 21.9 Å². The zero-order valence-electron chi connectivity index (χ0n) is 13.2. The fraction of sp³-hybridized carbons (Fsp3) is 0.500. The average Bonchev–Trinajstić information content (AvgIpc) is 3.16. The lowest BCUT2D eigenvalue weighted by molar-refractivity contribution is -0.141. The van der Waals surface area contributed by atoms with Crippen molar-refractivity contribution in [3.8, 4) is 0 Å². The minimum Gasteiger partial charge on any atom is -0.267 e. The number of sulfonamides is 1. The van der Waals surface area contributed by atoms with Gasteiger partial charge in [-0.1, -0.05) is 23.2 Å². The van der Waals surface area contributed by atoms with Crippen LogP contribution < -0.4 is 4.72 Å². The number of halogens is 5. The Morgan fingerprint density at radius 1 is 1.31 bits per heavy atom. The minimum absolute atomic E-state index is 0.0175. The van der Waals surface area contributed by atoms with Crippen LogP contribution in [0.3, 0.4) is 0 Å². The third-order valence-corrected chi connectivity index (χ3v) is 7.37. The summed E-state index contributed by atoms with van der Waals surface area (Å²) in [7, 11) is -3.69. The van der Waals surface area contributed by atoms with Crippen LogP contribution in [0.4, 0.5) is 13.2 Å². The van der Waals surface area contributed by atoms with Gasteiger partial charge < -0.3 is 0 Å². The third kappa shape index (κ3) is 4.36. The van der Waals surface area contributed by atoms with E-state index in [1.165, 1.54) is 16.8 Å². The van der Waals surface area contributed by atoms with Gasteiger partial charge >= 0.3 is 6.18 Å². The molecule has 0 aromatic carbocycles. The first-order valence-electron chi connectivity index (χ1n) is 7.68. The van der Waals surface area contributed by atoms with Crippen molar-refractivity contribution in [1.29, 1.82) is 0 Å². The van der Waals surface area contributed by atoms with E-state index in [1.807, 2.05) is 0 Å². The van der Waals surface area contributed by atoms with Crippen molar-refractivity contribution in [3.05, 3.63) is 32.9 Å². The van der Waals surface area contributed by atoms with E-state index >= 15 is 0 Å². The summed E-state index contributed by atoms with van der Waals surface area (Å²) in [6.07, 6.45) is -2.80. The Kier molecular flexibility index (Phi) is 5.60. The van der Waals surface area contributed by atoms with E-state index in [9.17, 15) is 21.6 Å². The predicted molar refractivity (Wildman–Crippen MR) is 93.3 cm³/mol. The van der Waals surface area contributed by atoms with Crippen molar-refractivity contribution >= 4 is 44.6 Å². The van der Waals surface area contributed by atoms with Gasteiger partial charge in [-0.15, -0.1) is 11.3 Å². The molecular weight excluding hydrogens is 434 g/mol. The van der Waals surface area contributed by atoms with Crippen LogP contribution in [0.5, 0.6) is 0 Å². The third-order valence-electron chi connectivity index (χ3n) is 3.82. The highest BCUT2D eigenvalue weighted by Gasteiger charge is 2.41. The van der Waals surface area contributed by atoms with Crippen LogP contribution in [0.2, 0.25) is 9.36 Å². The van der Waals surface area contributed by atoms with Crippen molar-refractivity contribution in [2.45, 2.75) is 42.1 Å². The minimum atomic E-state index is -4.62. The van der Waals surface area contributed by atoms with Crippen molar-refractivity contribution in [1.82, 2.24) is 14.5 Å². The number of alkyl halides is 3. The molecule has 1 aliphatic carbocycles. The Labute approximate surface area is 162 Å². The molecule has 1 fully saturated rings. The highest BCUT2D eigenvalue weighted by Crippen LogP contribution is 2.46. The van der Waals surface area contributed by atoms with E-state index in [-0.39, 0.29) is 34.7 Å². The lowest BCUT2D eigenvalue weighted by Crippen LogP contribution is -2.25. The fourth-order valence-corrected chi connectivity index (χ4v) is 5.50. The predicted octanol–water partition coefficient (Wildman–Crippen LogP) is 4.52. The van der Waals surface area contributed by atoms with E-state index in [4.69, 9.17) is 23.2 Å². The molecule has 0 radical (unpaired) electrons. The largest absolute Gasteiger partial charge is 0.436 e. The molecule has 5 nitrogen and oxygen atoms in total. The van der Waals surface area contributed by atoms with Crippen LogP contribution in [0.25, 0.3) is 0 Å². The van der Waals surface area contributed by atoms with Crippen LogP contribution in [0.15, 0.2) is 16.3 Å². The number of thiophene rings is 1. The second-order valence-electron chi connectivity index (χ2n) is 5.85. The molecule has 0 unspecified atom stereocenters. The van der Waals surface area contributed by atoms with Crippen LogP contribution in [0.1, 0.15) is 36.6 Å². The summed E-state index contributed by atoms with van der Waals surface area (Å²) in [6.45, 7) is 0.191. The highest BCUT2D eigenvalue weighted by atomic mass is 35.5. The maximum atomic E-state index is 13.0. The second kappa shape index (κ2) is 7.31. The van der Waals surface area contributed by atoms with Crippen LogP contribution in [0, 0.1) is 0 Å². The Hall–Kier alpha value is -0.810. The summed E-state index contributed by atoms with van der Waals surface area (Å²) < 4.78 is 67.2. The zero-order valence-corrected chi connectivity index (χ0v) is 16.3. The maximum absolute atomic E-state index is 13.0. The SMILES string of the molecule is O=S(=O)(NCCCn1nc(C(F)(F)F)c(Cl)c1C1CC1)c1ccc(Cl)s1. The number of nitrogens with zero attached hydrogens (tertiary/aromatic N) is 2. The van der Waals surface area contributed by atoms with Crippen molar-refractivity contribution < 1.29 is 21.6 Å². The lowest BCUT2D eigenvalue weighted by Gasteiger charge is -2.08. The molecule has 2 aromatic rings. The van der Waals surface area contributed by atoms with Crippen LogP contribution in [-0.4, -0.2) is 24.7 Å². The van der Waals surface area contributed by atoms with Crippen molar-refractivity contribution in [3.63, 3.8) is 0 Å². The number of aromatic nitrogens is 2. The maximum Gasteiger partial charge on any atom is 0.436 e. The van der Waals surface area contributed by atoms with Gasteiger partial charge in [0.1, 0.15) is 4.21 Å². The van der Waals surface area contributed by atoms with E-state index in [0.717, 1.165) is 24.2 Å². The van der Waals surface area contributed by atoms with Crippen molar-refractivity contribution in [2.24, 2.45) is 0 Å². The molecule has 0 atom stereocenters. The standard InChI is InChI=1S/C14H14Cl2F3N3O2S2/c15-9-4-5-10(25-9)26(23,24)20-6-1-7-22-12(8-2-3-8)11(16)13(21-22)14(17,18)19/h4-5,8,20H,1-3,6-7H2. The molecule has 12 heteroatoms. The molecular formula is C14H14Cl2F3N3O2S2. The van der Waals surface area contributed by atoms with Crippen LogP contribution >= 0.6 is 34.5 Å². The van der Waals surface area contributed by atoms with Crippen LogP contribution in [-0.2, 0) is 22.7 Å². The van der Waals surface area contributed by atoms with Gasteiger partial charge in [-0.2, -0.15) is 18.3 Å². The molecule has 0 bridgehead atoms. The first kappa shape index (κ1) is 19.9. The molecule has 2 aromatic heterocycles. The van der Waals surface area contributed by atoms with E-state index in [2.05, 4.69) is 9.82 Å². The Bertz CT molecular complexity index is 905. The summed E-state index contributed by atoms with van der Waals surface area (Å²) in [6, 6.07) is 2.87. The van der Waals surface area contributed by atoms with E-state index in [1.54, 1.807) is 0 Å². The summed E-state index contributed by atoms with van der Waals surface area (Å²) in [5.74, 6) is -0.0175. The molecule has 3 rings (SSSR count). The van der Waals surface area contributed by atoms with Gasteiger partial charge in [-0.3, -0.25) is 4.68 Å². The lowest BCUT2D eigenvalue weighted by atomic mass is 10.2. The fourth-order valence-electron chi connectivity index (χ4n) is 2.50. The number of aryl methyl sites for hydroxylation is 1. The Balaban J connectivity index is 1.65. The van der Waals surface area contributed by atoms with Gasteiger partial charge in [-0.05, 0) is 31.4 Å². The molecule has 0 aliphatic heterocycles. The molecule has 144 valence electrons. The molecule has 2 heterocycles. The van der Waals surface area contributed by atoms with Gasteiger partial charge in [0.15, 0.2) is 5.69 Å². The molecule has 1 saturated carbocycles. The first-order chi connectivity index (χ1) is 12.1. The Morgan fingerprint density at radius 2 is 2.00 bits per heavy atom. The smallest absolute Gasteiger partial charge is 0.267 e. The quantitative estimate of drug-likeness (QED) is 0.634. The first-order valence-corrected chi connectivity index (χ1v) is 10.7. The molecule has 26 heavy (non-hydrogen) atoms. The monoisotopic (exact) mass is 447 g/mol. The summed E-state index contributed by atoms with van der Waals surface area (Å²) >= 11 is 12.5. The summed E-state index contributed by atoms with van der Waals surface area (Å²) in [5, 5.41) is 3.25. The topological polar surface area (TPSA) is 64.0 Å². The average molecular weight is 448 g/mol. The normalized spacial score (nSPS) is 15.6. The van der Waals surface area contributed by atoms with Gasteiger partial charge in [-0.25, -0.2) is 13.1 Å². The molecule has 1 aliphatic rings. The van der Waals surface area contributed by atoms with Gasteiger partial charge in [0.2, 0.25) is 10.0 Å². The Morgan fingerprint density at radius 3 is 2.54 bits per heavy atom. The summed E-state index contributed by atoms with van der Waals surface area (Å²) in [4.78, 5) is 0. The number of rotatable bonds is 7. The molecule has 1 N–H and O–H groups in total. The number of nitrogens with one attached hydrogen (secondary N) is 1. The van der Waals surface area contributed by atoms with Gasteiger partial charge in [0.05, 0.1) is 15.1 Å². The number of hydrogen-bond donors (Lipinski definition) is 1. The second-order valence-corrected chi connectivity index (χ2v) is 9.94. The van der Waals surface area contributed by atoms with Gasteiger partial charge in [0.25, 0.3) is 0 Å². The number of hydrogen-bond acceptors (Lipinski definition) is 4. The highest BCUT2D eigenvalue weighted by molar-refractivity contribution is 7.91. The summed E-state index contributed by atoms with van der Waals surface area (Å²) in [5.41, 5.74) is -0.707. The van der Waals surface area contributed by atoms with Crippen molar-refractivity contribution in [2.75, 3.05) is 6.54 Å². The zero-order chi connectivity index (χ0) is 19.1. The molecule has 0 amide bonds. The molecule has 0 spiro atoms. The van der Waals surface area contributed by atoms with Gasteiger partial charge in [0, 0.05) is 19.0 Å². The van der Waals surface area contributed by atoms with E-state index in [0.29, 0.717) is 10.0 Å². The molecule has 0 saturated heterocycles.